The molecule has 2 aliphatic rings. The van der Waals surface area contributed by atoms with Crippen molar-refractivity contribution in [2.75, 3.05) is 13.6 Å². The van der Waals surface area contributed by atoms with Gasteiger partial charge in [0.2, 0.25) is 0 Å². The average Bonchev–Trinajstić information content (AvgIpc) is 3.37. The van der Waals surface area contributed by atoms with Gasteiger partial charge in [-0.15, -0.1) is 0 Å². The molecule has 244 valence electrons. The maximum atomic E-state index is 12.9. The summed E-state index contributed by atoms with van der Waals surface area (Å²) in [6.45, 7) is 5.27. The van der Waals surface area contributed by atoms with Crippen LogP contribution < -0.4 is 0 Å². The van der Waals surface area contributed by atoms with Crippen LogP contribution in [-0.4, -0.2) is 46.4 Å². The average molecular weight is 641 g/mol. The first-order valence-electron chi connectivity index (χ1n) is 16.5. The number of rotatable bonds is 9. The molecule has 7 nitrogen and oxygen atoms in total. The molecule has 1 fully saturated rings. The lowest BCUT2D eigenvalue weighted by Gasteiger charge is -2.43. The molecule has 0 bridgehead atoms. The van der Waals surface area contributed by atoms with Crippen LogP contribution in [0.3, 0.4) is 0 Å². The summed E-state index contributed by atoms with van der Waals surface area (Å²) in [5, 5.41) is 12.1. The van der Waals surface area contributed by atoms with Crippen LogP contribution in [0.1, 0.15) is 80.8 Å². The highest BCUT2D eigenvalue weighted by Crippen LogP contribution is 2.42. The number of benzene rings is 5. The first-order valence-corrected chi connectivity index (χ1v) is 16.5. The van der Waals surface area contributed by atoms with E-state index in [1.807, 2.05) is 48.5 Å². The summed E-state index contributed by atoms with van der Waals surface area (Å²) in [5.74, 6) is -0.499. The van der Waals surface area contributed by atoms with Gasteiger partial charge >= 0.3 is 0 Å². The monoisotopic (exact) mass is 640 g/mol. The van der Waals surface area contributed by atoms with Crippen molar-refractivity contribution in [3.8, 4) is 0 Å². The normalized spacial score (nSPS) is 21.6. The van der Waals surface area contributed by atoms with E-state index in [4.69, 9.17) is 9.47 Å². The van der Waals surface area contributed by atoms with Gasteiger partial charge in [0.1, 0.15) is 0 Å². The summed E-state index contributed by atoms with van der Waals surface area (Å²) in [7, 11) is 2.14. The molecule has 5 aromatic rings. The molecule has 0 aromatic heterocycles. The van der Waals surface area contributed by atoms with E-state index < -0.39 is 6.29 Å². The molecule has 1 saturated heterocycles. The number of aliphatic hydroxyl groups is 1. The highest BCUT2D eigenvalue weighted by Gasteiger charge is 2.39. The number of nitrogens with zero attached hydrogens (tertiary/aromatic N) is 2. The van der Waals surface area contributed by atoms with Gasteiger partial charge in [0.15, 0.2) is 6.29 Å². The summed E-state index contributed by atoms with van der Waals surface area (Å²) in [5.41, 5.74) is 5.73. The molecule has 7 rings (SSSR count). The molecule has 1 N–H and O–H groups in total. The number of carbonyl (C=O) groups excluding carboxylic acids is 2. The zero-order chi connectivity index (χ0) is 33.4. The lowest BCUT2D eigenvalue weighted by Crippen LogP contribution is -2.44. The van der Waals surface area contributed by atoms with Crippen LogP contribution in [0.2, 0.25) is 0 Å². The van der Waals surface area contributed by atoms with Crippen molar-refractivity contribution in [3.63, 3.8) is 0 Å². The van der Waals surface area contributed by atoms with Gasteiger partial charge in [-0.1, -0.05) is 104 Å². The van der Waals surface area contributed by atoms with Crippen LogP contribution >= 0.6 is 0 Å². The topological polar surface area (TPSA) is 79.3 Å². The minimum Gasteiger partial charge on any atom is -0.392 e. The lowest BCUT2D eigenvalue weighted by atomic mass is 9.89. The van der Waals surface area contributed by atoms with Crippen molar-refractivity contribution in [1.82, 2.24) is 9.80 Å². The van der Waals surface area contributed by atoms with Crippen LogP contribution in [0.5, 0.6) is 0 Å². The van der Waals surface area contributed by atoms with Gasteiger partial charge in [0.25, 0.3) is 11.8 Å². The summed E-state index contributed by atoms with van der Waals surface area (Å²) in [6.07, 6.45) is -0.993. The molecule has 48 heavy (non-hydrogen) atoms. The van der Waals surface area contributed by atoms with Crippen LogP contribution in [0.15, 0.2) is 115 Å². The maximum Gasteiger partial charge on any atom is 0.261 e. The molecule has 0 saturated carbocycles. The van der Waals surface area contributed by atoms with Gasteiger partial charge in [0, 0.05) is 24.1 Å². The minimum atomic E-state index is -0.619. The van der Waals surface area contributed by atoms with E-state index in [0.717, 1.165) is 22.3 Å². The van der Waals surface area contributed by atoms with E-state index in [9.17, 15) is 14.7 Å². The maximum absolute atomic E-state index is 12.9. The van der Waals surface area contributed by atoms with Gasteiger partial charge in [0.05, 0.1) is 36.5 Å². The fraction of sp³-hybridized carbons (Fsp3) is 0.268. The minimum absolute atomic E-state index is 0.0137. The predicted molar refractivity (Wildman–Crippen MR) is 185 cm³/mol. The zero-order valence-electron chi connectivity index (χ0n) is 27.5. The number of likely N-dealkylation sites (N-methyl/N-ethyl adjacent to an activating group) is 1. The van der Waals surface area contributed by atoms with Crippen molar-refractivity contribution in [1.29, 1.82) is 0 Å². The Morgan fingerprint density at radius 1 is 0.750 bits per heavy atom. The molecule has 5 unspecified atom stereocenters. The number of hydrogen-bond donors (Lipinski definition) is 1. The Morgan fingerprint density at radius 3 is 2.02 bits per heavy atom. The van der Waals surface area contributed by atoms with Crippen LogP contribution in [0.25, 0.3) is 10.8 Å². The lowest BCUT2D eigenvalue weighted by molar-refractivity contribution is -0.276. The Labute approximate surface area is 281 Å². The predicted octanol–water partition coefficient (Wildman–Crippen LogP) is 7.61. The van der Waals surface area contributed by atoms with Crippen LogP contribution in [0, 0.1) is 5.92 Å². The first-order chi connectivity index (χ1) is 23.3. The van der Waals surface area contributed by atoms with E-state index in [1.54, 1.807) is 24.3 Å². The third-order valence-electron chi connectivity index (χ3n) is 9.98. The van der Waals surface area contributed by atoms with Crippen molar-refractivity contribution in [3.05, 3.63) is 154 Å². The second-order valence-electron chi connectivity index (χ2n) is 13.0. The number of hydrogen-bond acceptors (Lipinski definition) is 6. The molecule has 0 aliphatic carbocycles. The molecule has 2 amide bonds. The molecule has 0 radical (unpaired) electrons. The fourth-order valence-corrected chi connectivity index (χ4v) is 6.84. The summed E-state index contributed by atoms with van der Waals surface area (Å²) in [4.78, 5) is 29.5. The second-order valence-corrected chi connectivity index (χ2v) is 13.0. The molecule has 0 spiro atoms. The van der Waals surface area contributed by atoms with Crippen LogP contribution in [0.4, 0.5) is 0 Å². The second kappa shape index (κ2) is 13.5. The Bertz CT molecular complexity index is 1900. The van der Waals surface area contributed by atoms with E-state index in [0.29, 0.717) is 17.7 Å². The van der Waals surface area contributed by atoms with Crippen molar-refractivity contribution >= 4 is 22.6 Å². The van der Waals surface area contributed by atoms with E-state index >= 15 is 0 Å². The molecule has 5 atom stereocenters. The SMILES string of the molecule is CC1C(CN(C)C(C)c2ccc3ccccc3c2)OC(c2ccc(CN3C(=O)c4ccccc4C3=O)cc2)OC1c1ccc(CO)cc1. The van der Waals surface area contributed by atoms with E-state index in [2.05, 4.69) is 68.3 Å². The summed E-state index contributed by atoms with van der Waals surface area (Å²) >= 11 is 0. The first kappa shape index (κ1) is 31.9. The highest BCUT2D eigenvalue weighted by atomic mass is 16.7. The highest BCUT2D eigenvalue weighted by molar-refractivity contribution is 6.21. The Balaban J connectivity index is 1.11. The Morgan fingerprint density at radius 2 is 1.35 bits per heavy atom. The molecular weight excluding hydrogens is 600 g/mol. The van der Waals surface area contributed by atoms with Crippen molar-refractivity contribution < 1.29 is 24.2 Å². The molecule has 7 heteroatoms. The third kappa shape index (κ3) is 6.18. The largest absolute Gasteiger partial charge is 0.392 e. The van der Waals surface area contributed by atoms with E-state index in [1.165, 1.54) is 21.2 Å². The molecule has 2 heterocycles. The molecule has 5 aromatic carbocycles. The van der Waals surface area contributed by atoms with Crippen LogP contribution in [-0.2, 0) is 22.6 Å². The number of ether oxygens (including phenoxy) is 2. The van der Waals surface area contributed by atoms with Gasteiger partial charge in [-0.25, -0.2) is 0 Å². The standard InChI is InChI=1S/C41H40N2O5/c1-26-37(24-42(3)27(2)33-21-20-30-8-4-5-9-34(30)22-33)47-41(48-38(26)31-16-14-29(25-44)15-17-31)32-18-12-28(13-19-32)23-43-39(45)35-10-6-7-11-36(35)40(43)46/h4-22,26-27,37-38,41,44H,23-25H2,1-3H3. The van der Waals surface area contributed by atoms with Gasteiger partial charge in [-0.05, 0) is 65.2 Å². The fourth-order valence-electron chi connectivity index (χ4n) is 6.84. The summed E-state index contributed by atoms with van der Waals surface area (Å²) in [6, 6.07) is 37.9. The molecule has 2 aliphatic heterocycles. The quantitative estimate of drug-likeness (QED) is 0.167. The summed E-state index contributed by atoms with van der Waals surface area (Å²) < 4.78 is 13.4. The Hall–Kier alpha value is -4.66. The molecular formula is C41H40N2O5. The smallest absolute Gasteiger partial charge is 0.261 e. The number of amides is 2. The zero-order valence-corrected chi connectivity index (χ0v) is 27.5. The third-order valence-corrected chi connectivity index (χ3v) is 9.98. The van der Waals surface area contributed by atoms with Gasteiger partial charge in [-0.2, -0.15) is 0 Å². The number of carbonyl (C=O) groups is 2. The number of imide groups is 1. The number of fused-ring (bicyclic) bond motifs is 2. The van der Waals surface area contributed by atoms with Gasteiger partial charge in [-0.3, -0.25) is 19.4 Å². The number of aliphatic hydroxyl groups excluding tert-OH is 1. The van der Waals surface area contributed by atoms with Gasteiger partial charge < -0.3 is 14.6 Å². The van der Waals surface area contributed by atoms with Crippen molar-refractivity contribution in [2.45, 2.75) is 51.5 Å². The van der Waals surface area contributed by atoms with E-state index in [-0.39, 0.29) is 49.1 Å². The Kier molecular flexibility index (Phi) is 8.94. The van der Waals surface area contributed by atoms with Crippen molar-refractivity contribution in [2.24, 2.45) is 5.92 Å².